The molecule has 0 radical (unpaired) electrons. The zero-order valence-electron chi connectivity index (χ0n) is 9.76. The number of nitrogens with zero attached hydrogens (tertiary/aromatic N) is 1. The third-order valence-corrected chi connectivity index (χ3v) is 4.82. The van der Waals surface area contributed by atoms with Crippen molar-refractivity contribution in [2.45, 2.75) is 19.3 Å². The lowest BCUT2D eigenvalue weighted by Crippen LogP contribution is -2.38. The Morgan fingerprint density at radius 1 is 1.44 bits per heavy atom. The van der Waals surface area contributed by atoms with Crippen LogP contribution in [0.25, 0.3) is 0 Å². The molecule has 4 nitrogen and oxygen atoms in total. The topological polar surface area (TPSA) is 57.6 Å². The van der Waals surface area contributed by atoms with Crippen molar-refractivity contribution >= 4 is 39.1 Å². The van der Waals surface area contributed by atoms with Crippen LogP contribution in [-0.2, 0) is 4.79 Å². The van der Waals surface area contributed by atoms with E-state index < -0.39 is 5.97 Å². The van der Waals surface area contributed by atoms with Crippen molar-refractivity contribution in [1.82, 2.24) is 4.90 Å². The molecule has 0 spiro atoms. The maximum absolute atomic E-state index is 12.1. The van der Waals surface area contributed by atoms with E-state index in [1.807, 2.05) is 16.3 Å². The molecule has 1 amide bonds. The standard InChI is InChI=1S/C12H14BrNO3S/c13-9-6-10(18-7-9)12(17)14-3-1-8(2-4-14)5-11(15)16/h6-8H,1-5H2,(H,15,16). The second-order valence-electron chi connectivity index (χ2n) is 4.46. The van der Waals surface area contributed by atoms with Gasteiger partial charge in [-0.05, 0) is 40.8 Å². The fourth-order valence-corrected chi connectivity index (χ4v) is 3.56. The van der Waals surface area contributed by atoms with Gasteiger partial charge in [-0.15, -0.1) is 11.3 Å². The van der Waals surface area contributed by atoms with E-state index in [0.717, 1.165) is 22.2 Å². The van der Waals surface area contributed by atoms with Crippen LogP contribution in [0.1, 0.15) is 28.9 Å². The molecule has 6 heteroatoms. The van der Waals surface area contributed by atoms with Gasteiger partial charge in [0, 0.05) is 29.4 Å². The van der Waals surface area contributed by atoms with Gasteiger partial charge in [-0.25, -0.2) is 0 Å². The number of amides is 1. The highest BCUT2D eigenvalue weighted by molar-refractivity contribution is 9.10. The summed E-state index contributed by atoms with van der Waals surface area (Å²) >= 11 is 4.77. The Morgan fingerprint density at radius 3 is 2.61 bits per heavy atom. The van der Waals surface area contributed by atoms with Gasteiger partial charge < -0.3 is 10.0 Å². The number of rotatable bonds is 3. The summed E-state index contributed by atoms with van der Waals surface area (Å²) in [7, 11) is 0. The summed E-state index contributed by atoms with van der Waals surface area (Å²) in [6, 6.07) is 1.83. The quantitative estimate of drug-likeness (QED) is 0.926. The highest BCUT2D eigenvalue weighted by atomic mass is 79.9. The van der Waals surface area contributed by atoms with Gasteiger partial charge in [0.05, 0.1) is 4.88 Å². The van der Waals surface area contributed by atoms with Gasteiger partial charge in [-0.1, -0.05) is 0 Å². The Balaban J connectivity index is 1.90. The van der Waals surface area contributed by atoms with Crippen LogP contribution in [0.15, 0.2) is 15.9 Å². The van der Waals surface area contributed by atoms with Crippen molar-refractivity contribution in [2.24, 2.45) is 5.92 Å². The molecule has 1 aliphatic rings. The molecule has 1 saturated heterocycles. The summed E-state index contributed by atoms with van der Waals surface area (Å²) in [4.78, 5) is 25.3. The lowest BCUT2D eigenvalue weighted by Gasteiger charge is -2.31. The van der Waals surface area contributed by atoms with E-state index in [1.54, 1.807) is 0 Å². The maximum atomic E-state index is 12.1. The van der Waals surface area contributed by atoms with Crippen LogP contribution < -0.4 is 0 Å². The number of carbonyl (C=O) groups is 2. The zero-order chi connectivity index (χ0) is 13.1. The highest BCUT2D eigenvalue weighted by Gasteiger charge is 2.25. The normalized spacial score (nSPS) is 16.8. The first-order valence-corrected chi connectivity index (χ1v) is 7.48. The number of hydrogen-bond acceptors (Lipinski definition) is 3. The van der Waals surface area contributed by atoms with E-state index in [4.69, 9.17) is 5.11 Å². The molecule has 0 bridgehead atoms. The van der Waals surface area contributed by atoms with Crippen molar-refractivity contribution in [1.29, 1.82) is 0 Å². The minimum absolute atomic E-state index is 0.0551. The van der Waals surface area contributed by atoms with Crippen LogP contribution in [0.5, 0.6) is 0 Å². The van der Waals surface area contributed by atoms with Crippen molar-refractivity contribution in [3.8, 4) is 0 Å². The van der Waals surface area contributed by atoms with E-state index in [2.05, 4.69) is 15.9 Å². The van der Waals surface area contributed by atoms with Gasteiger partial charge in [0.1, 0.15) is 0 Å². The smallest absolute Gasteiger partial charge is 0.303 e. The highest BCUT2D eigenvalue weighted by Crippen LogP contribution is 2.25. The minimum atomic E-state index is -0.748. The molecule has 1 aromatic heterocycles. The molecule has 18 heavy (non-hydrogen) atoms. The number of carbonyl (C=O) groups excluding carboxylic acids is 1. The Hall–Kier alpha value is -0.880. The number of piperidine rings is 1. The molecular formula is C12H14BrNO3S. The summed E-state index contributed by atoms with van der Waals surface area (Å²) < 4.78 is 0.927. The lowest BCUT2D eigenvalue weighted by atomic mass is 9.93. The summed E-state index contributed by atoms with van der Waals surface area (Å²) in [5.41, 5.74) is 0. The second kappa shape index (κ2) is 5.84. The Kier molecular flexibility index (Phi) is 4.40. The third-order valence-electron chi connectivity index (χ3n) is 3.14. The van der Waals surface area contributed by atoms with E-state index in [0.29, 0.717) is 13.1 Å². The SMILES string of the molecule is O=C(O)CC1CCN(C(=O)c2cc(Br)cs2)CC1. The fourth-order valence-electron chi connectivity index (χ4n) is 2.17. The van der Waals surface area contributed by atoms with Gasteiger partial charge in [-0.3, -0.25) is 9.59 Å². The number of hydrogen-bond donors (Lipinski definition) is 1. The van der Waals surface area contributed by atoms with Gasteiger partial charge in [0.2, 0.25) is 0 Å². The first-order chi connectivity index (χ1) is 8.56. The van der Waals surface area contributed by atoms with E-state index in [9.17, 15) is 9.59 Å². The summed E-state index contributed by atoms with van der Waals surface area (Å²) in [5.74, 6) is -0.483. The Labute approximate surface area is 118 Å². The van der Waals surface area contributed by atoms with Crippen molar-refractivity contribution in [2.75, 3.05) is 13.1 Å². The molecule has 0 saturated carbocycles. The van der Waals surface area contributed by atoms with Crippen molar-refractivity contribution in [3.63, 3.8) is 0 Å². The minimum Gasteiger partial charge on any atom is -0.481 e. The van der Waals surface area contributed by atoms with Crippen molar-refractivity contribution in [3.05, 3.63) is 20.8 Å². The van der Waals surface area contributed by atoms with E-state index in [1.165, 1.54) is 11.3 Å². The predicted octanol–water partition coefficient (Wildman–Crippen LogP) is 2.84. The molecule has 1 aliphatic heterocycles. The van der Waals surface area contributed by atoms with Crippen LogP contribution in [-0.4, -0.2) is 35.0 Å². The van der Waals surface area contributed by atoms with Gasteiger partial charge in [-0.2, -0.15) is 0 Å². The Bertz CT molecular complexity index is 452. The average Bonchev–Trinajstić information content (AvgIpc) is 2.75. The van der Waals surface area contributed by atoms with E-state index in [-0.39, 0.29) is 18.2 Å². The van der Waals surface area contributed by atoms with Gasteiger partial charge in [0.15, 0.2) is 0 Å². The van der Waals surface area contributed by atoms with Crippen LogP contribution >= 0.6 is 27.3 Å². The molecule has 0 aliphatic carbocycles. The molecule has 98 valence electrons. The molecule has 2 heterocycles. The fraction of sp³-hybridized carbons (Fsp3) is 0.500. The summed E-state index contributed by atoms with van der Waals surface area (Å²) in [6.45, 7) is 1.32. The molecule has 0 atom stereocenters. The number of aliphatic carboxylic acids is 1. The number of carboxylic acid groups (broad SMARTS) is 1. The summed E-state index contributed by atoms with van der Waals surface area (Å²) in [5, 5.41) is 10.6. The molecule has 2 rings (SSSR count). The molecule has 0 unspecified atom stereocenters. The third kappa shape index (κ3) is 3.32. The molecular weight excluding hydrogens is 318 g/mol. The van der Waals surface area contributed by atoms with Gasteiger partial charge >= 0.3 is 5.97 Å². The second-order valence-corrected chi connectivity index (χ2v) is 6.29. The largest absolute Gasteiger partial charge is 0.481 e. The van der Waals surface area contributed by atoms with Crippen LogP contribution in [0.4, 0.5) is 0 Å². The molecule has 0 aromatic carbocycles. The van der Waals surface area contributed by atoms with Gasteiger partial charge in [0.25, 0.3) is 5.91 Å². The summed E-state index contributed by atoms with van der Waals surface area (Å²) in [6.07, 6.45) is 1.78. The molecule has 1 N–H and O–H groups in total. The molecule has 1 fully saturated rings. The predicted molar refractivity (Wildman–Crippen MR) is 72.9 cm³/mol. The number of likely N-dealkylation sites (tertiary alicyclic amines) is 1. The van der Waals surface area contributed by atoms with Crippen LogP contribution in [0.2, 0.25) is 0 Å². The first kappa shape index (κ1) is 13.5. The number of carboxylic acids is 1. The first-order valence-electron chi connectivity index (χ1n) is 5.81. The van der Waals surface area contributed by atoms with Crippen LogP contribution in [0.3, 0.4) is 0 Å². The van der Waals surface area contributed by atoms with E-state index >= 15 is 0 Å². The van der Waals surface area contributed by atoms with Crippen LogP contribution in [0, 0.1) is 5.92 Å². The van der Waals surface area contributed by atoms with Crippen molar-refractivity contribution < 1.29 is 14.7 Å². The lowest BCUT2D eigenvalue weighted by molar-refractivity contribution is -0.138. The Morgan fingerprint density at radius 2 is 2.11 bits per heavy atom. The molecule has 1 aromatic rings. The number of thiophene rings is 1. The monoisotopic (exact) mass is 331 g/mol. The zero-order valence-corrected chi connectivity index (χ0v) is 12.2. The average molecular weight is 332 g/mol. The maximum Gasteiger partial charge on any atom is 0.303 e. The number of halogens is 1.